The van der Waals surface area contributed by atoms with Gasteiger partial charge in [0.25, 0.3) is 0 Å². The highest BCUT2D eigenvalue weighted by Crippen LogP contribution is 2.44. The van der Waals surface area contributed by atoms with Gasteiger partial charge in [0.15, 0.2) is 5.82 Å². The molecule has 51 heavy (non-hydrogen) atoms. The van der Waals surface area contributed by atoms with Gasteiger partial charge in [0, 0.05) is 38.4 Å². The molecule has 2 aromatic heterocycles. The number of hydrogen-bond donors (Lipinski definition) is 0. The lowest BCUT2D eigenvalue weighted by molar-refractivity contribution is 0.674. The van der Waals surface area contributed by atoms with Gasteiger partial charge in [0.2, 0.25) is 0 Å². The van der Waals surface area contributed by atoms with E-state index in [1.54, 1.807) is 0 Å². The quantitative estimate of drug-likeness (QED) is 0.174. The van der Waals surface area contributed by atoms with Crippen molar-refractivity contribution in [2.75, 3.05) is 0 Å². The van der Waals surface area contributed by atoms with Crippen molar-refractivity contribution in [1.82, 2.24) is 9.97 Å². The number of para-hydroxylation sites is 1. The first-order valence-corrected chi connectivity index (χ1v) is 17.2. The molecule has 0 bridgehead atoms. The third kappa shape index (κ3) is 4.98. The van der Waals surface area contributed by atoms with Gasteiger partial charge in [-0.1, -0.05) is 158 Å². The van der Waals surface area contributed by atoms with Crippen LogP contribution in [0.5, 0.6) is 0 Å². The lowest BCUT2D eigenvalue weighted by Gasteiger charge is -2.13. The monoisotopic (exact) mass is 650 g/mol. The molecule has 0 unspecified atom stereocenters. The molecule has 10 rings (SSSR count). The maximum atomic E-state index is 6.98. The molecule has 0 fully saturated rings. The Labute approximate surface area is 295 Å². The third-order valence-corrected chi connectivity index (χ3v) is 9.85. The van der Waals surface area contributed by atoms with E-state index in [1.807, 2.05) is 36.4 Å². The Bertz CT molecular complexity index is 2840. The lowest BCUT2D eigenvalue weighted by Crippen LogP contribution is -1.96. The Hall–Kier alpha value is -6.84. The van der Waals surface area contributed by atoms with E-state index in [0.717, 1.165) is 77.7 Å². The normalized spacial score (nSPS) is 11.5. The van der Waals surface area contributed by atoms with Crippen molar-refractivity contribution in [3.05, 3.63) is 182 Å². The van der Waals surface area contributed by atoms with Crippen molar-refractivity contribution in [2.45, 2.75) is 0 Å². The molecule has 3 nitrogen and oxygen atoms in total. The molecule has 0 radical (unpaired) electrons. The Morgan fingerprint density at radius 1 is 0.314 bits per heavy atom. The molecule has 0 saturated heterocycles. The van der Waals surface area contributed by atoms with E-state index < -0.39 is 0 Å². The molecule has 2 heterocycles. The summed E-state index contributed by atoms with van der Waals surface area (Å²) < 4.78 is 6.98. The molecule has 0 N–H and O–H groups in total. The van der Waals surface area contributed by atoms with Crippen LogP contribution in [0.2, 0.25) is 0 Å². The zero-order valence-corrected chi connectivity index (χ0v) is 27.6. The topological polar surface area (TPSA) is 38.9 Å². The summed E-state index contributed by atoms with van der Waals surface area (Å²) in [4.78, 5) is 10.2. The summed E-state index contributed by atoms with van der Waals surface area (Å²) >= 11 is 0. The second-order valence-electron chi connectivity index (χ2n) is 12.9. The summed E-state index contributed by atoms with van der Waals surface area (Å²) in [6, 6.07) is 63.7. The smallest absolute Gasteiger partial charge is 0.160 e. The first-order valence-electron chi connectivity index (χ1n) is 17.2. The average molecular weight is 651 g/mol. The van der Waals surface area contributed by atoms with Crippen LogP contribution in [0.15, 0.2) is 186 Å². The molecule has 0 atom stereocenters. The van der Waals surface area contributed by atoms with Crippen LogP contribution in [0.1, 0.15) is 0 Å². The van der Waals surface area contributed by atoms with Crippen molar-refractivity contribution in [3.8, 4) is 56.2 Å². The van der Waals surface area contributed by atoms with Gasteiger partial charge in [-0.25, -0.2) is 9.97 Å². The summed E-state index contributed by atoms with van der Waals surface area (Å²) in [5, 5.41) is 7.00. The molecule has 238 valence electrons. The first kappa shape index (κ1) is 29.1. The number of aromatic nitrogens is 2. The molecule has 8 aromatic carbocycles. The predicted molar refractivity (Wildman–Crippen MR) is 212 cm³/mol. The highest BCUT2D eigenvalue weighted by atomic mass is 16.3. The Morgan fingerprint density at radius 3 is 1.53 bits per heavy atom. The zero-order chi connectivity index (χ0) is 33.7. The largest absolute Gasteiger partial charge is 0.455 e. The minimum Gasteiger partial charge on any atom is -0.455 e. The van der Waals surface area contributed by atoms with Gasteiger partial charge >= 0.3 is 0 Å². The van der Waals surface area contributed by atoms with Crippen LogP contribution in [0.25, 0.3) is 99.6 Å². The molecule has 0 aliphatic carbocycles. The fourth-order valence-corrected chi connectivity index (χ4v) is 7.45. The molecule has 0 amide bonds. The van der Waals surface area contributed by atoms with Crippen molar-refractivity contribution in [2.24, 2.45) is 0 Å². The van der Waals surface area contributed by atoms with Gasteiger partial charge in [-0.15, -0.1) is 0 Å². The van der Waals surface area contributed by atoms with Gasteiger partial charge in [-0.2, -0.15) is 0 Å². The standard InChI is InChI=1S/C48H30N2O/c1-4-15-31(16-5-1)34-27-35(29-36(28-34)44-30-43(32-17-6-2-7-18-32)49-48(50-44)33-19-8-3-9-20-33)37-25-14-26-42-45-40-23-12-10-21-38(40)39-22-11-13-24-41(39)47(45)51-46(37)42/h1-30H. The van der Waals surface area contributed by atoms with Gasteiger partial charge in [0.05, 0.1) is 11.4 Å². The van der Waals surface area contributed by atoms with Crippen molar-refractivity contribution in [1.29, 1.82) is 0 Å². The number of furan rings is 1. The highest BCUT2D eigenvalue weighted by Gasteiger charge is 2.19. The van der Waals surface area contributed by atoms with Crippen LogP contribution >= 0.6 is 0 Å². The maximum Gasteiger partial charge on any atom is 0.160 e. The lowest BCUT2D eigenvalue weighted by atomic mass is 9.93. The maximum absolute atomic E-state index is 6.98. The SMILES string of the molecule is c1ccc(-c2cc(-c3cc(-c4ccccc4)nc(-c4ccccc4)n3)cc(-c3cccc4c3oc3c5ccccc5c5ccccc5c43)c2)cc1. The van der Waals surface area contributed by atoms with Crippen molar-refractivity contribution < 1.29 is 4.42 Å². The summed E-state index contributed by atoms with van der Waals surface area (Å²) in [5.74, 6) is 0.691. The average Bonchev–Trinajstić information content (AvgIpc) is 3.62. The van der Waals surface area contributed by atoms with Crippen LogP contribution in [-0.2, 0) is 0 Å². The van der Waals surface area contributed by atoms with Gasteiger partial charge in [-0.05, 0) is 57.1 Å². The van der Waals surface area contributed by atoms with Crippen LogP contribution < -0.4 is 0 Å². The third-order valence-electron chi connectivity index (χ3n) is 9.85. The van der Waals surface area contributed by atoms with Crippen LogP contribution in [-0.4, -0.2) is 9.97 Å². The number of nitrogens with zero attached hydrogens (tertiary/aromatic N) is 2. The molecular formula is C48H30N2O. The second kappa shape index (κ2) is 11.9. The fourth-order valence-electron chi connectivity index (χ4n) is 7.45. The van der Waals surface area contributed by atoms with Crippen molar-refractivity contribution >= 4 is 43.5 Å². The summed E-state index contributed by atoms with van der Waals surface area (Å²) in [6.07, 6.45) is 0. The van der Waals surface area contributed by atoms with Crippen LogP contribution in [0, 0.1) is 0 Å². The zero-order valence-electron chi connectivity index (χ0n) is 27.6. The summed E-state index contributed by atoms with van der Waals surface area (Å²) in [6.45, 7) is 0. The van der Waals surface area contributed by atoms with E-state index in [1.165, 1.54) is 16.2 Å². The highest BCUT2D eigenvalue weighted by molar-refractivity contribution is 6.31. The van der Waals surface area contributed by atoms with E-state index in [4.69, 9.17) is 14.4 Å². The molecular weight excluding hydrogens is 621 g/mol. The van der Waals surface area contributed by atoms with E-state index in [0.29, 0.717) is 5.82 Å². The number of benzene rings is 8. The Kier molecular flexibility index (Phi) is 6.81. The molecule has 0 saturated carbocycles. The number of rotatable bonds is 5. The summed E-state index contributed by atoms with van der Waals surface area (Å²) in [7, 11) is 0. The molecule has 0 aliphatic rings. The summed E-state index contributed by atoms with van der Waals surface area (Å²) in [5.41, 5.74) is 10.9. The number of fused-ring (bicyclic) bond motifs is 8. The van der Waals surface area contributed by atoms with Crippen LogP contribution in [0.4, 0.5) is 0 Å². The molecule has 10 aromatic rings. The minimum absolute atomic E-state index is 0.691. The molecule has 0 aliphatic heterocycles. The first-order chi connectivity index (χ1) is 25.3. The van der Waals surface area contributed by atoms with E-state index in [-0.39, 0.29) is 0 Å². The molecule has 0 spiro atoms. The fraction of sp³-hybridized carbons (Fsp3) is 0. The van der Waals surface area contributed by atoms with Crippen LogP contribution in [0.3, 0.4) is 0 Å². The van der Waals surface area contributed by atoms with Gasteiger partial charge in [-0.3, -0.25) is 0 Å². The Balaban J connectivity index is 1.25. The van der Waals surface area contributed by atoms with E-state index in [9.17, 15) is 0 Å². The minimum atomic E-state index is 0.691. The predicted octanol–water partition coefficient (Wildman–Crippen LogP) is 13.0. The molecule has 3 heteroatoms. The van der Waals surface area contributed by atoms with Gasteiger partial charge < -0.3 is 4.42 Å². The van der Waals surface area contributed by atoms with E-state index >= 15 is 0 Å². The Morgan fingerprint density at radius 2 is 0.824 bits per heavy atom. The van der Waals surface area contributed by atoms with E-state index in [2.05, 4.69) is 146 Å². The second-order valence-corrected chi connectivity index (χ2v) is 12.9. The van der Waals surface area contributed by atoms with Crippen molar-refractivity contribution in [3.63, 3.8) is 0 Å². The van der Waals surface area contributed by atoms with Gasteiger partial charge in [0.1, 0.15) is 11.2 Å². The number of hydrogen-bond acceptors (Lipinski definition) is 3.